The van der Waals surface area contributed by atoms with Crippen molar-refractivity contribution in [2.24, 2.45) is 4.99 Å². The first-order chi connectivity index (χ1) is 14.1. The Morgan fingerprint density at radius 2 is 1.76 bits per heavy atom. The summed E-state index contributed by atoms with van der Waals surface area (Å²) in [7, 11) is 3.39. The van der Waals surface area contributed by atoms with Gasteiger partial charge in [-0.25, -0.2) is 9.97 Å². The van der Waals surface area contributed by atoms with Crippen molar-refractivity contribution in [2.75, 3.05) is 14.2 Å². The molecule has 1 aromatic carbocycles. The maximum atomic E-state index is 5.75. The van der Waals surface area contributed by atoms with Crippen molar-refractivity contribution < 1.29 is 9.47 Å². The van der Waals surface area contributed by atoms with Gasteiger partial charge in [-0.2, -0.15) is 0 Å². The Labute approximate surface area is 174 Å². The molecule has 2 N–H and O–H groups in total. The molecule has 2 heterocycles. The van der Waals surface area contributed by atoms with Crippen molar-refractivity contribution in [3.63, 3.8) is 0 Å². The number of benzene rings is 1. The van der Waals surface area contributed by atoms with Crippen LogP contribution in [-0.4, -0.2) is 30.1 Å². The molecule has 0 atom stereocenters. The molecule has 0 aliphatic heterocycles. The van der Waals surface area contributed by atoms with Crippen LogP contribution in [0.25, 0.3) is 0 Å². The number of pyridine rings is 1. The lowest BCUT2D eigenvalue weighted by Gasteiger charge is -2.12. The van der Waals surface area contributed by atoms with Gasteiger partial charge in [-0.1, -0.05) is 6.07 Å². The van der Waals surface area contributed by atoms with Crippen LogP contribution in [0.3, 0.4) is 0 Å². The number of thiazole rings is 1. The number of aryl methyl sites for hydroxylation is 2. The Morgan fingerprint density at radius 1 is 1.03 bits per heavy atom. The molecule has 3 aromatic rings. The quantitative estimate of drug-likeness (QED) is 0.454. The fraction of sp³-hybridized carbons (Fsp3) is 0.286. The summed E-state index contributed by atoms with van der Waals surface area (Å²) in [6.07, 6.45) is 1.79. The number of hydrogen-bond acceptors (Lipinski definition) is 6. The number of rotatable bonds is 7. The number of ether oxygens (including phenoxy) is 2. The van der Waals surface area contributed by atoms with Crippen molar-refractivity contribution in [3.8, 4) is 17.4 Å². The van der Waals surface area contributed by atoms with E-state index >= 15 is 0 Å². The van der Waals surface area contributed by atoms with Gasteiger partial charge in [0.25, 0.3) is 0 Å². The zero-order valence-electron chi connectivity index (χ0n) is 17.0. The number of aromatic nitrogens is 2. The molecule has 0 spiro atoms. The molecule has 0 saturated carbocycles. The molecular formula is C21H25N5O2S. The van der Waals surface area contributed by atoms with Gasteiger partial charge >= 0.3 is 0 Å². The van der Waals surface area contributed by atoms with Gasteiger partial charge in [0.05, 0.1) is 24.4 Å². The minimum atomic E-state index is 0.539. The summed E-state index contributed by atoms with van der Waals surface area (Å²) in [5.74, 6) is 2.77. The van der Waals surface area contributed by atoms with Crippen molar-refractivity contribution in [2.45, 2.75) is 26.9 Å². The molecular weight excluding hydrogens is 386 g/mol. The van der Waals surface area contributed by atoms with Gasteiger partial charge in [0.15, 0.2) is 5.96 Å². The predicted octanol–water partition coefficient (Wildman–Crippen LogP) is 3.82. The number of guanidine groups is 1. The first kappa shape index (κ1) is 20.6. The van der Waals surface area contributed by atoms with E-state index < -0.39 is 0 Å². The highest BCUT2D eigenvalue weighted by Gasteiger charge is 2.06. The van der Waals surface area contributed by atoms with E-state index in [4.69, 9.17) is 9.47 Å². The SMILES string of the molecule is CN=C(NCc1ccc(Oc2ccc(OC)cc2)nc1)NCc1sc(C)nc1C. The smallest absolute Gasteiger partial charge is 0.219 e. The van der Waals surface area contributed by atoms with E-state index in [2.05, 4.69) is 25.6 Å². The molecule has 2 aromatic heterocycles. The van der Waals surface area contributed by atoms with E-state index in [1.165, 1.54) is 4.88 Å². The molecule has 0 fully saturated rings. The lowest BCUT2D eigenvalue weighted by molar-refractivity contribution is 0.412. The van der Waals surface area contributed by atoms with Gasteiger partial charge in [-0.05, 0) is 43.7 Å². The van der Waals surface area contributed by atoms with Crippen LogP contribution in [0.2, 0.25) is 0 Å². The minimum absolute atomic E-state index is 0.539. The van der Waals surface area contributed by atoms with Gasteiger partial charge in [-0.3, -0.25) is 4.99 Å². The lowest BCUT2D eigenvalue weighted by atomic mass is 10.3. The molecule has 0 unspecified atom stereocenters. The topological polar surface area (TPSA) is 80.7 Å². The average molecular weight is 412 g/mol. The fourth-order valence-corrected chi connectivity index (χ4v) is 3.53. The zero-order chi connectivity index (χ0) is 20.6. The van der Waals surface area contributed by atoms with Crippen LogP contribution in [-0.2, 0) is 13.1 Å². The van der Waals surface area contributed by atoms with Crippen molar-refractivity contribution in [1.29, 1.82) is 0 Å². The van der Waals surface area contributed by atoms with Crippen LogP contribution in [0, 0.1) is 13.8 Å². The molecule has 0 aliphatic rings. The molecule has 0 bridgehead atoms. The minimum Gasteiger partial charge on any atom is -0.497 e. The molecule has 3 rings (SSSR count). The fourth-order valence-electron chi connectivity index (χ4n) is 2.65. The van der Waals surface area contributed by atoms with E-state index in [9.17, 15) is 0 Å². The highest BCUT2D eigenvalue weighted by atomic mass is 32.1. The third-order valence-corrected chi connectivity index (χ3v) is 5.25. The maximum Gasteiger partial charge on any atom is 0.219 e. The molecule has 0 amide bonds. The highest BCUT2D eigenvalue weighted by molar-refractivity contribution is 7.11. The normalized spacial score (nSPS) is 11.2. The Balaban J connectivity index is 1.49. The summed E-state index contributed by atoms with van der Waals surface area (Å²) >= 11 is 1.70. The maximum absolute atomic E-state index is 5.75. The van der Waals surface area contributed by atoms with E-state index in [1.54, 1.807) is 31.7 Å². The van der Waals surface area contributed by atoms with Crippen LogP contribution in [0.15, 0.2) is 47.6 Å². The first-order valence-electron chi connectivity index (χ1n) is 9.21. The van der Waals surface area contributed by atoms with E-state index in [-0.39, 0.29) is 0 Å². The number of methoxy groups -OCH3 is 1. The number of hydrogen-bond donors (Lipinski definition) is 2. The van der Waals surface area contributed by atoms with Crippen LogP contribution in [0.4, 0.5) is 0 Å². The molecule has 0 saturated heterocycles. The lowest BCUT2D eigenvalue weighted by Crippen LogP contribution is -2.36. The number of aliphatic imine (C=N–C) groups is 1. The van der Waals surface area contributed by atoms with Gasteiger partial charge in [-0.15, -0.1) is 11.3 Å². The van der Waals surface area contributed by atoms with Crippen LogP contribution < -0.4 is 20.1 Å². The molecule has 152 valence electrons. The summed E-state index contributed by atoms with van der Waals surface area (Å²) in [5, 5.41) is 7.68. The number of nitrogens with one attached hydrogen (secondary N) is 2. The van der Waals surface area contributed by atoms with E-state index in [0.29, 0.717) is 24.7 Å². The molecule has 0 aliphatic carbocycles. The molecule has 29 heavy (non-hydrogen) atoms. The first-order valence-corrected chi connectivity index (χ1v) is 10.0. The summed E-state index contributed by atoms with van der Waals surface area (Å²) in [6.45, 7) is 5.35. The summed E-state index contributed by atoms with van der Waals surface area (Å²) in [5.41, 5.74) is 2.09. The summed E-state index contributed by atoms with van der Waals surface area (Å²) < 4.78 is 10.9. The molecule has 7 nitrogen and oxygen atoms in total. The van der Waals surface area contributed by atoms with E-state index in [0.717, 1.165) is 28.0 Å². The van der Waals surface area contributed by atoms with Crippen molar-refractivity contribution >= 4 is 17.3 Å². The van der Waals surface area contributed by atoms with Gasteiger partial charge in [0.2, 0.25) is 5.88 Å². The summed E-state index contributed by atoms with van der Waals surface area (Å²) in [4.78, 5) is 14.3. The zero-order valence-corrected chi connectivity index (χ0v) is 17.8. The Hall–Kier alpha value is -3.13. The second kappa shape index (κ2) is 9.88. The number of nitrogens with zero attached hydrogens (tertiary/aromatic N) is 3. The largest absolute Gasteiger partial charge is 0.497 e. The standard InChI is InChI=1S/C21H25N5O2S/c1-14-19(29-15(2)26-14)13-25-21(22-3)24-12-16-5-10-20(23-11-16)28-18-8-6-17(27-4)7-9-18/h5-11H,12-13H2,1-4H3,(H2,22,24,25). The third kappa shape index (κ3) is 5.92. The van der Waals surface area contributed by atoms with Gasteiger partial charge < -0.3 is 20.1 Å². The van der Waals surface area contributed by atoms with Crippen LogP contribution >= 0.6 is 11.3 Å². The van der Waals surface area contributed by atoms with E-state index in [1.807, 2.05) is 50.2 Å². The Bertz CT molecular complexity index is 952. The van der Waals surface area contributed by atoms with Crippen molar-refractivity contribution in [3.05, 3.63) is 63.7 Å². The monoisotopic (exact) mass is 411 g/mol. The second-order valence-corrected chi connectivity index (χ2v) is 7.59. The Kier molecular flexibility index (Phi) is 7.02. The second-order valence-electron chi connectivity index (χ2n) is 6.30. The average Bonchev–Trinajstić information content (AvgIpc) is 3.07. The molecule has 8 heteroatoms. The van der Waals surface area contributed by atoms with Gasteiger partial charge in [0, 0.05) is 30.7 Å². The van der Waals surface area contributed by atoms with Crippen LogP contribution in [0.5, 0.6) is 17.4 Å². The van der Waals surface area contributed by atoms with Crippen LogP contribution in [0.1, 0.15) is 21.1 Å². The Morgan fingerprint density at radius 3 is 2.34 bits per heavy atom. The van der Waals surface area contributed by atoms with Gasteiger partial charge in [0.1, 0.15) is 11.5 Å². The third-order valence-electron chi connectivity index (χ3n) is 4.18. The summed E-state index contributed by atoms with van der Waals surface area (Å²) in [6, 6.07) is 11.2. The highest BCUT2D eigenvalue weighted by Crippen LogP contribution is 2.22. The molecule has 0 radical (unpaired) electrons. The van der Waals surface area contributed by atoms with Crippen molar-refractivity contribution in [1.82, 2.24) is 20.6 Å². The predicted molar refractivity (Wildman–Crippen MR) is 116 cm³/mol.